The summed E-state index contributed by atoms with van der Waals surface area (Å²) < 4.78 is 29.1. The molecule has 0 bridgehead atoms. The van der Waals surface area contributed by atoms with E-state index in [9.17, 15) is 13.2 Å². The molecule has 1 rings (SSSR count). The number of rotatable bonds is 5. The van der Waals surface area contributed by atoms with E-state index >= 15 is 0 Å². The SMILES string of the molecule is CCOC(=O)CNS(=O)(=O)c1nn[c]s1. The summed E-state index contributed by atoms with van der Waals surface area (Å²) in [6.07, 6.45) is 0. The fourth-order valence-electron chi connectivity index (χ4n) is 0.677. The molecule has 0 saturated heterocycles. The Bertz CT molecular complexity index is 414. The number of aromatic nitrogens is 2. The molecule has 0 amide bonds. The fraction of sp³-hybridized carbons (Fsp3) is 0.500. The summed E-state index contributed by atoms with van der Waals surface area (Å²) in [5.41, 5.74) is 2.29. The Morgan fingerprint density at radius 3 is 2.93 bits per heavy atom. The van der Waals surface area contributed by atoms with E-state index in [4.69, 9.17) is 0 Å². The second-order valence-corrected chi connectivity index (χ2v) is 5.00. The van der Waals surface area contributed by atoms with E-state index in [1.165, 1.54) is 0 Å². The van der Waals surface area contributed by atoms with Crippen molar-refractivity contribution >= 4 is 27.3 Å². The van der Waals surface area contributed by atoms with Crippen molar-refractivity contribution in [1.29, 1.82) is 0 Å². The second kappa shape index (κ2) is 5.14. The molecular formula is C6H8N3O4S2. The smallest absolute Gasteiger partial charge is 0.321 e. The van der Waals surface area contributed by atoms with E-state index in [2.05, 4.69) is 20.4 Å². The number of nitrogens with one attached hydrogen (secondary N) is 1. The molecule has 0 aliphatic carbocycles. The Balaban J connectivity index is 2.55. The molecule has 0 aromatic carbocycles. The predicted octanol–water partition coefficient (Wildman–Crippen LogP) is -0.820. The van der Waals surface area contributed by atoms with Crippen LogP contribution in [0.15, 0.2) is 4.34 Å². The minimum atomic E-state index is -3.77. The molecule has 0 spiro atoms. The van der Waals surface area contributed by atoms with Gasteiger partial charge in [0.25, 0.3) is 10.0 Å². The van der Waals surface area contributed by atoms with Gasteiger partial charge in [0, 0.05) is 0 Å². The first-order valence-electron chi connectivity index (χ1n) is 3.91. The zero-order valence-electron chi connectivity index (χ0n) is 7.76. The van der Waals surface area contributed by atoms with Gasteiger partial charge in [-0.3, -0.25) is 4.79 Å². The van der Waals surface area contributed by atoms with Crippen LogP contribution in [0.4, 0.5) is 0 Å². The Labute approximate surface area is 90.5 Å². The Hall–Kier alpha value is -1.06. The molecule has 7 nitrogen and oxygen atoms in total. The van der Waals surface area contributed by atoms with Gasteiger partial charge in [-0.05, 0) is 6.92 Å². The van der Waals surface area contributed by atoms with E-state index in [0.29, 0.717) is 0 Å². The summed E-state index contributed by atoms with van der Waals surface area (Å²) in [5, 5.41) is 6.58. The van der Waals surface area contributed by atoms with Crippen LogP contribution in [0, 0.1) is 5.51 Å². The topological polar surface area (TPSA) is 98.2 Å². The molecule has 1 aromatic heterocycles. The highest BCUT2D eigenvalue weighted by molar-refractivity contribution is 7.91. The number of carbonyl (C=O) groups is 1. The van der Waals surface area contributed by atoms with Gasteiger partial charge in [0.15, 0.2) is 5.51 Å². The molecular weight excluding hydrogens is 242 g/mol. The van der Waals surface area contributed by atoms with Crippen LogP contribution < -0.4 is 4.72 Å². The van der Waals surface area contributed by atoms with Gasteiger partial charge in [0.2, 0.25) is 4.34 Å². The summed E-state index contributed by atoms with van der Waals surface area (Å²) in [6.45, 7) is 1.41. The van der Waals surface area contributed by atoms with Crippen LogP contribution >= 0.6 is 11.3 Å². The molecule has 83 valence electrons. The van der Waals surface area contributed by atoms with Gasteiger partial charge >= 0.3 is 5.97 Å². The van der Waals surface area contributed by atoms with Crippen molar-refractivity contribution in [2.45, 2.75) is 11.3 Å². The second-order valence-electron chi connectivity index (χ2n) is 2.29. The molecule has 0 saturated carbocycles. The standard InChI is InChI=1S/C6H8N3O4S2/c1-2-13-5(10)3-8-15(11,12)6-9-7-4-14-6/h8H,2-3H2,1H3. The van der Waals surface area contributed by atoms with Crippen LogP contribution in [0.2, 0.25) is 0 Å². The summed E-state index contributed by atoms with van der Waals surface area (Å²) in [4.78, 5) is 10.9. The fourth-order valence-corrected chi connectivity index (χ4v) is 2.23. The van der Waals surface area contributed by atoms with Gasteiger partial charge in [-0.25, -0.2) is 8.42 Å². The van der Waals surface area contributed by atoms with Crippen molar-refractivity contribution in [3.63, 3.8) is 0 Å². The molecule has 9 heteroatoms. The van der Waals surface area contributed by atoms with E-state index in [1.807, 2.05) is 4.72 Å². The molecule has 0 fully saturated rings. The molecule has 1 aromatic rings. The monoisotopic (exact) mass is 250 g/mol. The van der Waals surface area contributed by atoms with Crippen LogP contribution in [0.5, 0.6) is 0 Å². The predicted molar refractivity (Wildman–Crippen MR) is 50.6 cm³/mol. The third-order valence-electron chi connectivity index (χ3n) is 1.25. The molecule has 0 aliphatic rings. The number of sulfonamides is 1. The maximum Gasteiger partial charge on any atom is 0.321 e. The highest BCUT2D eigenvalue weighted by Crippen LogP contribution is 2.08. The molecule has 1 N–H and O–H groups in total. The Morgan fingerprint density at radius 1 is 1.67 bits per heavy atom. The zero-order chi connectivity index (χ0) is 11.3. The lowest BCUT2D eigenvalue weighted by Gasteiger charge is -2.02. The summed E-state index contributed by atoms with van der Waals surface area (Å²) in [6, 6.07) is 0. The Kier molecular flexibility index (Phi) is 4.12. The molecule has 1 radical (unpaired) electrons. The van der Waals surface area contributed by atoms with E-state index < -0.39 is 22.5 Å². The first kappa shape index (κ1) is 12.0. The lowest BCUT2D eigenvalue weighted by atomic mass is 10.7. The van der Waals surface area contributed by atoms with Crippen molar-refractivity contribution in [3.8, 4) is 0 Å². The van der Waals surface area contributed by atoms with Crippen molar-refractivity contribution < 1.29 is 17.9 Å². The average Bonchev–Trinajstić information content (AvgIpc) is 2.69. The van der Waals surface area contributed by atoms with Crippen LogP contribution in [0.1, 0.15) is 6.92 Å². The van der Waals surface area contributed by atoms with Crippen LogP contribution in [-0.2, 0) is 19.6 Å². The molecule has 15 heavy (non-hydrogen) atoms. The number of nitrogens with zero attached hydrogens (tertiary/aromatic N) is 2. The Morgan fingerprint density at radius 2 is 2.40 bits per heavy atom. The highest BCUT2D eigenvalue weighted by Gasteiger charge is 2.19. The summed E-state index contributed by atoms with van der Waals surface area (Å²) >= 11 is 0.745. The number of hydrogen-bond acceptors (Lipinski definition) is 7. The number of carbonyl (C=O) groups excluding carboxylic acids is 1. The number of hydrogen-bond donors (Lipinski definition) is 1. The first-order valence-corrected chi connectivity index (χ1v) is 6.21. The normalized spacial score (nSPS) is 11.3. The third-order valence-corrected chi connectivity index (χ3v) is 3.65. The maximum atomic E-state index is 11.4. The van der Waals surface area contributed by atoms with Crippen molar-refractivity contribution in [1.82, 2.24) is 14.9 Å². The zero-order valence-corrected chi connectivity index (χ0v) is 9.39. The average molecular weight is 250 g/mol. The van der Waals surface area contributed by atoms with Crippen molar-refractivity contribution in [3.05, 3.63) is 5.51 Å². The van der Waals surface area contributed by atoms with Gasteiger partial charge in [-0.15, -0.1) is 10.2 Å². The van der Waals surface area contributed by atoms with Crippen molar-refractivity contribution in [2.75, 3.05) is 13.2 Å². The minimum absolute atomic E-state index is 0.202. The van der Waals surface area contributed by atoms with Crippen molar-refractivity contribution in [2.24, 2.45) is 0 Å². The van der Waals surface area contributed by atoms with E-state index in [1.54, 1.807) is 6.92 Å². The molecule has 1 heterocycles. The van der Waals surface area contributed by atoms with Gasteiger partial charge in [-0.2, -0.15) is 4.72 Å². The number of esters is 1. The van der Waals surface area contributed by atoms with E-state index in [0.717, 1.165) is 11.3 Å². The number of ether oxygens (including phenoxy) is 1. The van der Waals surface area contributed by atoms with Crippen LogP contribution in [-0.4, -0.2) is 37.7 Å². The maximum absolute atomic E-state index is 11.4. The van der Waals surface area contributed by atoms with E-state index in [-0.39, 0.29) is 10.9 Å². The summed E-state index contributed by atoms with van der Waals surface area (Å²) in [7, 11) is -3.77. The molecule has 0 aliphatic heterocycles. The highest BCUT2D eigenvalue weighted by atomic mass is 32.2. The first-order chi connectivity index (χ1) is 7.06. The quantitative estimate of drug-likeness (QED) is 0.685. The lowest BCUT2D eigenvalue weighted by molar-refractivity contribution is -0.141. The minimum Gasteiger partial charge on any atom is -0.465 e. The van der Waals surface area contributed by atoms with Crippen LogP contribution in [0.25, 0.3) is 0 Å². The van der Waals surface area contributed by atoms with Crippen LogP contribution in [0.3, 0.4) is 0 Å². The van der Waals surface area contributed by atoms with Gasteiger partial charge < -0.3 is 4.74 Å². The molecule has 0 atom stereocenters. The van der Waals surface area contributed by atoms with Gasteiger partial charge in [-0.1, -0.05) is 11.3 Å². The largest absolute Gasteiger partial charge is 0.465 e. The van der Waals surface area contributed by atoms with Gasteiger partial charge in [0.05, 0.1) is 6.61 Å². The van der Waals surface area contributed by atoms with Gasteiger partial charge in [0.1, 0.15) is 6.54 Å². The lowest BCUT2D eigenvalue weighted by Crippen LogP contribution is -2.30. The third kappa shape index (κ3) is 3.53. The molecule has 0 unspecified atom stereocenters. The summed E-state index contributed by atoms with van der Waals surface area (Å²) in [5.74, 6) is -0.644.